The lowest BCUT2D eigenvalue weighted by atomic mass is 10.1. The highest BCUT2D eigenvalue weighted by Crippen LogP contribution is 2.10. The molecule has 0 amide bonds. The van der Waals surface area contributed by atoms with Crippen molar-refractivity contribution in [3.8, 4) is 0 Å². The second kappa shape index (κ2) is 4.62. The molecule has 0 atom stereocenters. The number of ether oxygens (including phenoxy) is 1. The number of furan rings is 1. The van der Waals surface area contributed by atoms with Crippen molar-refractivity contribution in [2.75, 3.05) is 13.7 Å². The van der Waals surface area contributed by atoms with Crippen LogP contribution in [0.4, 0.5) is 0 Å². The van der Waals surface area contributed by atoms with Gasteiger partial charge in [-0.3, -0.25) is 0 Å². The van der Waals surface area contributed by atoms with Crippen molar-refractivity contribution in [2.24, 2.45) is 0 Å². The molecule has 1 aromatic heterocycles. The molecule has 1 rings (SSSR count). The zero-order valence-electron chi connectivity index (χ0n) is 9.39. The Morgan fingerprint density at radius 1 is 1.50 bits per heavy atom. The van der Waals surface area contributed by atoms with E-state index in [1.807, 2.05) is 13.0 Å². The van der Waals surface area contributed by atoms with Crippen LogP contribution in [0.5, 0.6) is 0 Å². The third kappa shape index (κ3) is 3.16. The summed E-state index contributed by atoms with van der Waals surface area (Å²) >= 11 is 0. The summed E-state index contributed by atoms with van der Waals surface area (Å²) in [6.45, 7) is 7.69. The summed E-state index contributed by atoms with van der Waals surface area (Å²) in [4.78, 5) is 0. The van der Waals surface area contributed by atoms with E-state index in [4.69, 9.17) is 9.15 Å². The van der Waals surface area contributed by atoms with Gasteiger partial charge < -0.3 is 14.5 Å². The second-order valence-corrected chi connectivity index (χ2v) is 4.20. The van der Waals surface area contributed by atoms with Gasteiger partial charge in [0.1, 0.15) is 5.76 Å². The molecule has 0 spiro atoms. The number of nitrogens with one attached hydrogen (secondary N) is 1. The summed E-state index contributed by atoms with van der Waals surface area (Å²) in [5.74, 6) is 0.995. The highest BCUT2D eigenvalue weighted by atomic mass is 16.5. The Morgan fingerprint density at radius 3 is 2.71 bits per heavy atom. The fraction of sp³-hybridized carbons (Fsp3) is 0.636. The molecule has 0 radical (unpaired) electrons. The Kier molecular flexibility index (Phi) is 3.72. The smallest absolute Gasteiger partial charge is 0.120 e. The second-order valence-electron chi connectivity index (χ2n) is 4.20. The minimum atomic E-state index is -0.0199. The van der Waals surface area contributed by atoms with Crippen LogP contribution in [0.2, 0.25) is 0 Å². The van der Waals surface area contributed by atoms with Gasteiger partial charge in [0.05, 0.1) is 19.4 Å². The minimum absolute atomic E-state index is 0.0199. The molecule has 80 valence electrons. The molecule has 0 saturated carbocycles. The fourth-order valence-corrected chi connectivity index (χ4v) is 1.32. The molecule has 0 aliphatic rings. The van der Waals surface area contributed by atoms with Crippen LogP contribution in [0.1, 0.15) is 25.2 Å². The number of aryl methyl sites for hydroxylation is 1. The Bertz CT molecular complexity index is 279. The number of methoxy groups -OCH3 is 1. The Labute approximate surface area is 85.4 Å². The Balaban J connectivity index is 2.44. The molecule has 3 nitrogen and oxygen atoms in total. The lowest BCUT2D eigenvalue weighted by Crippen LogP contribution is -2.42. The monoisotopic (exact) mass is 197 g/mol. The van der Waals surface area contributed by atoms with Crippen molar-refractivity contribution in [1.82, 2.24) is 5.32 Å². The van der Waals surface area contributed by atoms with Crippen molar-refractivity contribution in [1.29, 1.82) is 0 Å². The summed E-state index contributed by atoms with van der Waals surface area (Å²) < 4.78 is 10.4. The maximum Gasteiger partial charge on any atom is 0.120 e. The topological polar surface area (TPSA) is 34.4 Å². The van der Waals surface area contributed by atoms with Gasteiger partial charge in [-0.15, -0.1) is 0 Å². The van der Waals surface area contributed by atoms with E-state index in [9.17, 15) is 0 Å². The number of hydrogen-bond donors (Lipinski definition) is 1. The standard InChI is InChI=1S/C11H19NO2/c1-9-5-6-14-10(9)7-12-11(2,3)8-13-4/h5-6,12H,7-8H2,1-4H3. The lowest BCUT2D eigenvalue weighted by Gasteiger charge is -2.24. The molecule has 0 bridgehead atoms. The normalized spacial score (nSPS) is 12.0. The summed E-state index contributed by atoms with van der Waals surface area (Å²) in [6.07, 6.45) is 1.72. The van der Waals surface area contributed by atoms with Crippen LogP contribution in [0.15, 0.2) is 16.7 Å². The average Bonchev–Trinajstić information content (AvgIpc) is 2.48. The van der Waals surface area contributed by atoms with Gasteiger partial charge in [-0.1, -0.05) is 0 Å². The van der Waals surface area contributed by atoms with Gasteiger partial charge in [0.25, 0.3) is 0 Å². The molecule has 1 heterocycles. The van der Waals surface area contributed by atoms with Gasteiger partial charge in [-0.2, -0.15) is 0 Å². The van der Waals surface area contributed by atoms with Gasteiger partial charge >= 0.3 is 0 Å². The van der Waals surface area contributed by atoms with Crippen molar-refractivity contribution < 1.29 is 9.15 Å². The quantitative estimate of drug-likeness (QED) is 0.785. The van der Waals surface area contributed by atoms with Crippen LogP contribution in [-0.4, -0.2) is 19.3 Å². The van der Waals surface area contributed by atoms with Crippen molar-refractivity contribution in [3.63, 3.8) is 0 Å². The molecule has 1 N–H and O–H groups in total. The average molecular weight is 197 g/mol. The molecule has 14 heavy (non-hydrogen) atoms. The molecule has 1 aromatic rings. The Hall–Kier alpha value is -0.800. The van der Waals surface area contributed by atoms with Gasteiger partial charge in [0, 0.05) is 12.6 Å². The molecule has 0 aliphatic carbocycles. The summed E-state index contributed by atoms with van der Waals surface area (Å²) in [7, 11) is 1.71. The maximum atomic E-state index is 5.33. The van der Waals surface area contributed by atoms with Crippen LogP contribution in [0.3, 0.4) is 0 Å². The molecular formula is C11H19NO2. The first-order chi connectivity index (χ1) is 6.55. The third-order valence-electron chi connectivity index (χ3n) is 2.20. The molecule has 0 aromatic carbocycles. The zero-order valence-corrected chi connectivity index (χ0v) is 9.39. The highest BCUT2D eigenvalue weighted by Gasteiger charge is 2.17. The van der Waals surface area contributed by atoms with Crippen molar-refractivity contribution >= 4 is 0 Å². The first-order valence-corrected chi connectivity index (χ1v) is 4.82. The maximum absolute atomic E-state index is 5.33. The zero-order chi connectivity index (χ0) is 10.6. The molecule has 0 unspecified atom stereocenters. The van der Waals surface area contributed by atoms with E-state index in [1.165, 1.54) is 5.56 Å². The van der Waals surface area contributed by atoms with Gasteiger partial charge in [0.2, 0.25) is 0 Å². The highest BCUT2D eigenvalue weighted by molar-refractivity contribution is 5.14. The largest absolute Gasteiger partial charge is 0.468 e. The minimum Gasteiger partial charge on any atom is -0.468 e. The van der Waals surface area contributed by atoms with E-state index in [0.29, 0.717) is 6.61 Å². The van der Waals surface area contributed by atoms with Crippen LogP contribution in [0.25, 0.3) is 0 Å². The van der Waals surface area contributed by atoms with Crippen molar-refractivity contribution in [2.45, 2.75) is 32.9 Å². The molecule has 0 fully saturated rings. The van der Waals surface area contributed by atoms with E-state index < -0.39 is 0 Å². The van der Waals surface area contributed by atoms with E-state index in [-0.39, 0.29) is 5.54 Å². The SMILES string of the molecule is COCC(C)(C)NCc1occc1C. The van der Waals surface area contributed by atoms with E-state index in [0.717, 1.165) is 12.3 Å². The molecule has 0 aliphatic heterocycles. The summed E-state index contributed by atoms with van der Waals surface area (Å²) in [5.41, 5.74) is 1.17. The van der Waals surface area contributed by atoms with E-state index >= 15 is 0 Å². The molecular weight excluding hydrogens is 178 g/mol. The van der Waals surface area contributed by atoms with Gasteiger partial charge in [0.15, 0.2) is 0 Å². The predicted octanol–water partition coefficient (Wildman–Crippen LogP) is 2.10. The van der Waals surface area contributed by atoms with Crippen molar-refractivity contribution in [3.05, 3.63) is 23.7 Å². The number of rotatable bonds is 5. The molecule has 0 saturated heterocycles. The summed E-state index contributed by atoms with van der Waals surface area (Å²) in [6, 6.07) is 1.97. The third-order valence-corrected chi connectivity index (χ3v) is 2.20. The first kappa shape index (κ1) is 11.3. The van der Waals surface area contributed by atoms with Crippen LogP contribution in [0, 0.1) is 6.92 Å². The van der Waals surface area contributed by atoms with Crippen LogP contribution in [-0.2, 0) is 11.3 Å². The number of hydrogen-bond acceptors (Lipinski definition) is 3. The van der Waals surface area contributed by atoms with Gasteiger partial charge in [-0.25, -0.2) is 0 Å². The molecule has 3 heteroatoms. The Morgan fingerprint density at radius 2 is 2.21 bits per heavy atom. The lowest BCUT2D eigenvalue weighted by molar-refractivity contribution is 0.126. The summed E-state index contributed by atoms with van der Waals surface area (Å²) in [5, 5.41) is 3.38. The first-order valence-electron chi connectivity index (χ1n) is 4.82. The van der Waals surface area contributed by atoms with Crippen LogP contribution < -0.4 is 5.32 Å². The van der Waals surface area contributed by atoms with E-state index in [2.05, 4.69) is 19.2 Å². The van der Waals surface area contributed by atoms with E-state index in [1.54, 1.807) is 13.4 Å². The predicted molar refractivity (Wildman–Crippen MR) is 56.2 cm³/mol. The van der Waals surface area contributed by atoms with Gasteiger partial charge in [-0.05, 0) is 32.4 Å². The fourth-order valence-electron chi connectivity index (χ4n) is 1.32. The van der Waals surface area contributed by atoms with Crippen LogP contribution >= 0.6 is 0 Å².